The molecule has 2 heterocycles. The lowest BCUT2D eigenvalue weighted by Crippen LogP contribution is -2.35. The van der Waals surface area contributed by atoms with Gasteiger partial charge in [0.15, 0.2) is 0 Å². The van der Waals surface area contributed by atoms with Crippen molar-refractivity contribution in [1.29, 1.82) is 0 Å². The van der Waals surface area contributed by atoms with Crippen molar-refractivity contribution in [2.75, 3.05) is 13.1 Å². The number of H-pyrrole nitrogens is 1. The second-order valence-corrected chi connectivity index (χ2v) is 5.80. The molecule has 20 heavy (non-hydrogen) atoms. The maximum atomic E-state index is 12.2. The summed E-state index contributed by atoms with van der Waals surface area (Å²) in [5.41, 5.74) is 0. The molecule has 2 rings (SSSR count). The normalized spacial score (nSPS) is 20.5. The Morgan fingerprint density at radius 3 is 2.90 bits per heavy atom. The lowest BCUT2D eigenvalue weighted by Gasteiger charge is -2.19. The summed E-state index contributed by atoms with van der Waals surface area (Å²) >= 11 is 0. The van der Waals surface area contributed by atoms with E-state index in [0.717, 1.165) is 12.4 Å². The lowest BCUT2D eigenvalue weighted by molar-refractivity contribution is -0.129. The molecule has 110 valence electrons. The summed E-state index contributed by atoms with van der Waals surface area (Å²) in [4.78, 5) is 32.9. The van der Waals surface area contributed by atoms with Crippen LogP contribution in [0.3, 0.4) is 0 Å². The van der Waals surface area contributed by atoms with E-state index < -0.39 is 0 Å². The monoisotopic (exact) mass is 278 g/mol. The quantitative estimate of drug-likeness (QED) is 0.846. The first kappa shape index (κ1) is 14.6. The molecular formula is C14H22N4O2. The summed E-state index contributed by atoms with van der Waals surface area (Å²) in [5, 5.41) is 2.91. The van der Waals surface area contributed by atoms with Crippen molar-refractivity contribution < 1.29 is 9.59 Å². The standard InChI is InChI=1S/C14H22N4O2/c1-9(2)7-18-8-11(6-12(18)19)14(20)17-10(3)13-15-4-5-16-13/h4-5,9-11H,6-8H2,1-3H3,(H,15,16)(H,17,20). The van der Waals surface area contributed by atoms with E-state index in [-0.39, 0.29) is 23.8 Å². The van der Waals surface area contributed by atoms with Gasteiger partial charge >= 0.3 is 0 Å². The van der Waals surface area contributed by atoms with Crippen LogP contribution in [-0.2, 0) is 9.59 Å². The Hall–Kier alpha value is -1.85. The number of rotatable bonds is 5. The average Bonchev–Trinajstić information content (AvgIpc) is 2.99. The molecule has 2 N–H and O–H groups in total. The average molecular weight is 278 g/mol. The summed E-state index contributed by atoms with van der Waals surface area (Å²) in [7, 11) is 0. The summed E-state index contributed by atoms with van der Waals surface area (Å²) < 4.78 is 0. The number of amides is 2. The lowest BCUT2D eigenvalue weighted by atomic mass is 10.1. The highest BCUT2D eigenvalue weighted by Crippen LogP contribution is 2.20. The number of carbonyl (C=O) groups is 2. The molecule has 0 bridgehead atoms. The summed E-state index contributed by atoms with van der Waals surface area (Å²) in [5.74, 6) is 0.890. The molecule has 1 fully saturated rings. The minimum absolute atomic E-state index is 0.0736. The van der Waals surface area contributed by atoms with Gasteiger partial charge in [0.1, 0.15) is 5.82 Å². The molecule has 0 aliphatic carbocycles. The molecule has 2 atom stereocenters. The Balaban J connectivity index is 1.89. The zero-order chi connectivity index (χ0) is 14.7. The van der Waals surface area contributed by atoms with Crippen molar-refractivity contribution in [2.24, 2.45) is 11.8 Å². The van der Waals surface area contributed by atoms with E-state index in [4.69, 9.17) is 0 Å². The number of nitrogens with one attached hydrogen (secondary N) is 2. The van der Waals surface area contributed by atoms with E-state index in [0.29, 0.717) is 18.9 Å². The number of aromatic nitrogens is 2. The molecule has 0 radical (unpaired) electrons. The van der Waals surface area contributed by atoms with Crippen molar-refractivity contribution in [3.63, 3.8) is 0 Å². The topological polar surface area (TPSA) is 78.1 Å². The number of carbonyl (C=O) groups excluding carboxylic acids is 2. The largest absolute Gasteiger partial charge is 0.347 e. The number of hydrogen-bond donors (Lipinski definition) is 2. The number of hydrogen-bond acceptors (Lipinski definition) is 3. The Morgan fingerprint density at radius 1 is 1.55 bits per heavy atom. The van der Waals surface area contributed by atoms with Gasteiger partial charge in [-0.05, 0) is 12.8 Å². The van der Waals surface area contributed by atoms with Gasteiger partial charge in [0.25, 0.3) is 0 Å². The highest BCUT2D eigenvalue weighted by atomic mass is 16.2. The predicted molar refractivity (Wildman–Crippen MR) is 74.7 cm³/mol. The van der Waals surface area contributed by atoms with Crippen LogP contribution in [0, 0.1) is 11.8 Å². The van der Waals surface area contributed by atoms with E-state index in [1.165, 1.54) is 0 Å². The van der Waals surface area contributed by atoms with E-state index in [9.17, 15) is 9.59 Å². The van der Waals surface area contributed by atoms with Crippen LogP contribution >= 0.6 is 0 Å². The van der Waals surface area contributed by atoms with Crippen LogP contribution in [0.5, 0.6) is 0 Å². The third-order valence-electron chi connectivity index (χ3n) is 3.46. The Kier molecular flexibility index (Phi) is 4.42. The van der Waals surface area contributed by atoms with Gasteiger partial charge in [-0.1, -0.05) is 13.8 Å². The van der Waals surface area contributed by atoms with Crippen LogP contribution in [0.4, 0.5) is 0 Å². The van der Waals surface area contributed by atoms with Gasteiger partial charge in [-0.3, -0.25) is 9.59 Å². The van der Waals surface area contributed by atoms with E-state index in [2.05, 4.69) is 29.1 Å². The molecule has 2 amide bonds. The van der Waals surface area contributed by atoms with Crippen LogP contribution in [-0.4, -0.2) is 39.8 Å². The molecule has 0 spiro atoms. The summed E-state index contributed by atoms with van der Waals surface area (Å²) in [6.07, 6.45) is 3.69. The van der Waals surface area contributed by atoms with Crippen molar-refractivity contribution >= 4 is 11.8 Å². The fourth-order valence-electron chi connectivity index (χ4n) is 2.48. The molecular weight excluding hydrogens is 256 g/mol. The van der Waals surface area contributed by atoms with Gasteiger partial charge < -0.3 is 15.2 Å². The molecule has 0 saturated carbocycles. The first-order valence-corrected chi connectivity index (χ1v) is 7.04. The van der Waals surface area contributed by atoms with Gasteiger partial charge in [0.2, 0.25) is 11.8 Å². The van der Waals surface area contributed by atoms with Gasteiger partial charge in [-0.2, -0.15) is 0 Å². The molecule has 1 aliphatic heterocycles. The van der Waals surface area contributed by atoms with E-state index in [1.54, 1.807) is 17.3 Å². The molecule has 0 aromatic carbocycles. The Morgan fingerprint density at radius 2 is 2.30 bits per heavy atom. The molecule has 1 aromatic rings. The smallest absolute Gasteiger partial charge is 0.226 e. The van der Waals surface area contributed by atoms with Crippen LogP contribution in [0.2, 0.25) is 0 Å². The van der Waals surface area contributed by atoms with Crippen LogP contribution in [0.1, 0.15) is 39.1 Å². The SMILES string of the molecule is CC(C)CN1CC(C(=O)NC(C)c2ncc[nH]2)CC1=O. The second-order valence-electron chi connectivity index (χ2n) is 5.80. The number of aromatic amines is 1. The van der Waals surface area contributed by atoms with Crippen LogP contribution in [0.25, 0.3) is 0 Å². The molecule has 1 saturated heterocycles. The third kappa shape index (κ3) is 3.37. The zero-order valence-corrected chi connectivity index (χ0v) is 12.2. The fourth-order valence-corrected chi connectivity index (χ4v) is 2.48. The van der Waals surface area contributed by atoms with Crippen LogP contribution in [0.15, 0.2) is 12.4 Å². The van der Waals surface area contributed by atoms with Gasteiger partial charge in [0, 0.05) is 31.9 Å². The minimum atomic E-state index is -0.251. The number of imidazole rings is 1. The van der Waals surface area contributed by atoms with Crippen molar-refractivity contribution in [3.05, 3.63) is 18.2 Å². The number of likely N-dealkylation sites (tertiary alicyclic amines) is 1. The van der Waals surface area contributed by atoms with E-state index >= 15 is 0 Å². The fraction of sp³-hybridized carbons (Fsp3) is 0.643. The third-order valence-corrected chi connectivity index (χ3v) is 3.46. The van der Waals surface area contributed by atoms with Crippen molar-refractivity contribution in [3.8, 4) is 0 Å². The molecule has 6 nitrogen and oxygen atoms in total. The maximum absolute atomic E-state index is 12.2. The Labute approximate surface area is 119 Å². The Bertz CT molecular complexity index is 470. The number of nitrogens with zero attached hydrogens (tertiary/aromatic N) is 2. The highest BCUT2D eigenvalue weighted by Gasteiger charge is 2.34. The molecule has 2 unspecified atom stereocenters. The zero-order valence-electron chi connectivity index (χ0n) is 12.2. The minimum Gasteiger partial charge on any atom is -0.347 e. The van der Waals surface area contributed by atoms with Gasteiger partial charge in [0.05, 0.1) is 12.0 Å². The van der Waals surface area contributed by atoms with Gasteiger partial charge in [-0.25, -0.2) is 4.98 Å². The van der Waals surface area contributed by atoms with E-state index in [1.807, 2.05) is 6.92 Å². The summed E-state index contributed by atoms with van der Waals surface area (Å²) in [6.45, 7) is 7.25. The maximum Gasteiger partial charge on any atom is 0.226 e. The second kappa shape index (κ2) is 6.07. The molecule has 1 aliphatic rings. The highest BCUT2D eigenvalue weighted by molar-refractivity contribution is 5.89. The van der Waals surface area contributed by atoms with Gasteiger partial charge in [-0.15, -0.1) is 0 Å². The predicted octanol–water partition coefficient (Wildman–Crippen LogP) is 1.09. The van der Waals surface area contributed by atoms with Crippen LogP contribution < -0.4 is 5.32 Å². The van der Waals surface area contributed by atoms with Crippen molar-refractivity contribution in [2.45, 2.75) is 33.2 Å². The first-order valence-electron chi connectivity index (χ1n) is 7.04. The molecule has 6 heteroatoms. The summed E-state index contributed by atoms with van der Waals surface area (Å²) in [6, 6.07) is -0.174. The molecule has 1 aromatic heterocycles. The first-order chi connectivity index (χ1) is 9.47. The van der Waals surface area contributed by atoms with Crippen molar-refractivity contribution in [1.82, 2.24) is 20.2 Å².